The number of rotatable bonds is 9. The lowest BCUT2D eigenvalue weighted by atomic mass is 9.96. The van der Waals surface area contributed by atoms with Crippen LogP contribution in [0.1, 0.15) is 44.8 Å². The fourth-order valence-corrected chi connectivity index (χ4v) is 3.61. The number of anilines is 1. The van der Waals surface area contributed by atoms with E-state index in [-0.39, 0.29) is 30.6 Å². The van der Waals surface area contributed by atoms with Gasteiger partial charge >= 0.3 is 0 Å². The van der Waals surface area contributed by atoms with E-state index in [1.807, 2.05) is 31.2 Å². The lowest BCUT2D eigenvalue weighted by Crippen LogP contribution is -2.37. The molecule has 0 bridgehead atoms. The maximum Gasteiger partial charge on any atom is 0.252 e. The first-order valence-electron chi connectivity index (χ1n) is 10.1. The molecule has 0 radical (unpaired) electrons. The molecule has 1 aliphatic heterocycles. The minimum absolute atomic E-state index is 0.0191. The van der Waals surface area contributed by atoms with Crippen molar-refractivity contribution >= 4 is 17.5 Å². The Balaban J connectivity index is 1.93. The number of aliphatic hydroxyl groups excluding tert-OH is 2. The highest BCUT2D eigenvalue weighted by molar-refractivity contribution is 5.93. The topological polar surface area (TPSA) is 99.1 Å². The monoisotopic (exact) mass is 404 g/mol. The van der Waals surface area contributed by atoms with Gasteiger partial charge in [-0.2, -0.15) is 0 Å². The molecule has 0 unspecified atom stereocenters. The number of ether oxygens (including phenoxy) is 1. The number of carbonyl (C=O) groups excluding carboxylic acids is 2. The predicted octanol–water partition coefficient (Wildman–Crippen LogP) is 2.26. The van der Waals surface area contributed by atoms with Gasteiger partial charge in [-0.3, -0.25) is 9.59 Å². The molecule has 29 heavy (non-hydrogen) atoms. The number of amides is 2. The van der Waals surface area contributed by atoms with Crippen molar-refractivity contribution in [3.63, 3.8) is 0 Å². The van der Waals surface area contributed by atoms with Gasteiger partial charge in [0.2, 0.25) is 5.91 Å². The van der Waals surface area contributed by atoms with Crippen LogP contribution in [0.2, 0.25) is 0 Å². The van der Waals surface area contributed by atoms with Crippen molar-refractivity contribution in [2.24, 2.45) is 5.92 Å². The average Bonchev–Trinajstić information content (AvgIpc) is 3.18. The highest BCUT2D eigenvalue weighted by Gasteiger charge is 2.27. The molecule has 2 rings (SSSR count). The van der Waals surface area contributed by atoms with E-state index >= 15 is 0 Å². The third kappa shape index (κ3) is 6.39. The molecule has 0 aromatic heterocycles. The van der Waals surface area contributed by atoms with Crippen molar-refractivity contribution in [3.8, 4) is 0 Å². The molecular weight excluding hydrogens is 372 g/mol. The van der Waals surface area contributed by atoms with Crippen LogP contribution >= 0.6 is 0 Å². The highest BCUT2D eigenvalue weighted by atomic mass is 16.5. The van der Waals surface area contributed by atoms with Crippen molar-refractivity contribution in [2.45, 2.75) is 51.4 Å². The van der Waals surface area contributed by atoms with Crippen LogP contribution in [-0.2, 0) is 14.3 Å². The molecule has 0 spiro atoms. The first-order valence-corrected chi connectivity index (χ1v) is 10.1. The van der Waals surface area contributed by atoms with E-state index in [2.05, 4.69) is 5.32 Å². The quantitative estimate of drug-likeness (QED) is 0.549. The number of nitrogens with zero attached hydrogens (tertiary/aromatic N) is 1. The van der Waals surface area contributed by atoms with Crippen LogP contribution < -0.4 is 5.32 Å². The lowest BCUT2D eigenvalue weighted by molar-refractivity contribution is -0.131. The van der Waals surface area contributed by atoms with Gasteiger partial charge in [-0.25, -0.2) is 0 Å². The van der Waals surface area contributed by atoms with Crippen LogP contribution in [0.5, 0.6) is 0 Å². The Kier molecular flexibility index (Phi) is 8.82. The number of carbonyl (C=O) groups is 2. The summed E-state index contributed by atoms with van der Waals surface area (Å²) in [6.07, 6.45) is 4.68. The summed E-state index contributed by atoms with van der Waals surface area (Å²) in [7, 11) is 1.64. The zero-order valence-electron chi connectivity index (χ0n) is 17.4. The first-order chi connectivity index (χ1) is 13.9. The Labute approximate surface area is 172 Å². The van der Waals surface area contributed by atoms with Gasteiger partial charge in [0.1, 0.15) is 6.10 Å². The van der Waals surface area contributed by atoms with E-state index < -0.39 is 12.0 Å². The van der Waals surface area contributed by atoms with Crippen LogP contribution in [-0.4, -0.2) is 59.3 Å². The molecule has 7 heteroatoms. The van der Waals surface area contributed by atoms with Crippen molar-refractivity contribution in [3.05, 3.63) is 42.0 Å². The van der Waals surface area contributed by atoms with E-state index in [1.54, 1.807) is 24.1 Å². The second-order valence-corrected chi connectivity index (χ2v) is 7.50. The Morgan fingerprint density at radius 2 is 2.00 bits per heavy atom. The summed E-state index contributed by atoms with van der Waals surface area (Å²) < 4.78 is 5.64. The van der Waals surface area contributed by atoms with E-state index in [0.717, 1.165) is 18.4 Å². The fraction of sp³-hybridized carbons (Fsp3) is 0.545. The number of hydrogen-bond donors (Lipinski definition) is 3. The molecule has 160 valence electrons. The summed E-state index contributed by atoms with van der Waals surface area (Å²) in [5.41, 5.74) is 1.55. The normalized spacial score (nSPS) is 19.9. The highest BCUT2D eigenvalue weighted by Crippen LogP contribution is 2.28. The Bertz CT molecular complexity index is 702. The predicted molar refractivity (Wildman–Crippen MR) is 111 cm³/mol. The smallest absolute Gasteiger partial charge is 0.252 e. The molecule has 2 amide bonds. The molecular formula is C22H32N2O5. The minimum Gasteiger partial charge on any atom is -0.394 e. The number of likely N-dealkylation sites (tertiary alicyclic amines) is 1. The van der Waals surface area contributed by atoms with Crippen LogP contribution in [0, 0.1) is 5.92 Å². The van der Waals surface area contributed by atoms with E-state index in [9.17, 15) is 19.8 Å². The molecule has 3 N–H and O–H groups in total. The van der Waals surface area contributed by atoms with Crippen molar-refractivity contribution < 1.29 is 24.5 Å². The van der Waals surface area contributed by atoms with Gasteiger partial charge in [-0.15, -0.1) is 0 Å². The number of hydrogen-bond acceptors (Lipinski definition) is 5. The second-order valence-electron chi connectivity index (χ2n) is 7.50. The van der Waals surface area contributed by atoms with Gasteiger partial charge in [0.25, 0.3) is 5.91 Å². The number of aliphatic hydroxyl groups is 2. The number of methoxy groups -OCH3 is 1. The molecule has 1 aromatic rings. The summed E-state index contributed by atoms with van der Waals surface area (Å²) in [5, 5.41) is 21.3. The molecule has 7 nitrogen and oxygen atoms in total. The van der Waals surface area contributed by atoms with Gasteiger partial charge in [-0.1, -0.05) is 31.2 Å². The van der Waals surface area contributed by atoms with Crippen LogP contribution in [0.15, 0.2) is 36.4 Å². The van der Waals surface area contributed by atoms with Crippen LogP contribution in [0.4, 0.5) is 5.69 Å². The molecule has 0 aliphatic carbocycles. The fourth-order valence-electron chi connectivity index (χ4n) is 3.61. The summed E-state index contributed by atoms with van der Waals surface area (Å²) in [5.74, 6) is -0.376. The van der Waals surface area contributed by atoms with Crippen molar-refractivity contribution in [2.75, 3.05) is 25.6 Å². The molecule has 1 fully saturated rings. The summed E-state index contributed by atoms with van der Waals surface area (Å²) >= 11 is 0. The molecule has 1 saturated heterocycles. The van der Waals surface area contributed by atoms with Gasteiger partial charge in [0, 0.05) is 31.7 Å². The molecule has 0 saturated carbocycles. The summed E-state index contributed by atoms with van der Waals surface area (Å²) in [6.45, 7) is 4.17. The molecule has 1 heterocycles. The average molecular weight is 405 g/mol. The Hall–Kier alpha value is -2.22. The van der Waals surface area contributed by atoms with Crippen molar-refractivity contribution in [1.29, 1.82) is 0 Å². The largest absolute Gasteiger partial charge is 0.394 e. The summed E-state index contributed by atoms with van der Waals surface area (Å²) in [6, 6.07) is 7.23. The zero-order chi connectivity index (χ0) is 21.4. The molecule has 4 atom stereocenters. The first kappa shape index (κ1) is 23.1. The third-order valence-corrected chi connectivity index (χ3v) is 5.26. The van der Waals surface area contributed by atoms with Gasteiger partial charge in [0.15, 0.2) is 0 Å². The Morgan fingerprint density at radius 3 is 2.59 bits per heavy atom. The van der Waals surface area contributed by atoms with Crippen molar-refractivity contribution in [1.82, 2.24) is 4.90 Å². The zero-order valence-corrected chi connectivity index (χ0v) is 17.4. The van der Waals surface area contributed by atoms with Gasteiger partial charge in [0.05, 0.1) is 18.8 Å². The number of benzene rings is 1. The molecule has 1 aromatic carbocycles. The maximum atomic E-state index is 12.4. The van der Waals surface area contributed by atoms with E-state index in [4.69, 9.17) is 4.74 Å². The number of nitrogens with one attached hydrogen (secondary N) is 1. The lowest BCUT2D eigenvalue weighted by Gasteiger charge is -2.23. The SMILES string of the molecule is CO[C@@H](c1ccc(NC(=O)[C@H](C)O)cc1)[C@@H](C)/C=C/CC(=O)N1CCC[C@H]1CO. The van der Waals surface area contributed by atoms with Crippen LogP contribution in [0.25, 0.3) is 0 Å². The standard InChI is InChI=1S/C22H32N2O5/c1-15(6-4-8-20(27)24-13-5-7-19(24)14-25)21(29-3)17-9-11-18(12-10-17)23-22(28)16(2)26/h4,6,9-12,15-16,19,21,25-26H,5,7-8,13-14H2,1-3H3,(H,23,28)/b6-4+/t15-,16-,19-,21+/m0/s1. The van der Waals surface area contributed by atoms with E-state index in [1.165, 1.54) is 6.92 Å². The maximum absolute atomic E-state index is 12.4. The summed E-state index contributed by atoms with van der Waals surface area (Å²) in [4.78, 5) is 25.7. The van der Waals surface area contributed by atoms with E-state index in [0.29, 0.717) is 18.7 Å². The third-order valence-electron chi connectivity index (χ3n) is 5.26. The molecule has 1 aliphatic rings. The van der Waals surface area contributed by atoms with Gasteiger partial charge < -0.3 is 25.2 Å². The Morgan fingerprint density at radius 1 is 1.31 bits per heavy atom. The minimum atomic E-state index is -1.07. The second kappa shape index (κ2) is 11.1. The van der Waals surface area contributed by atoms with Gasteiger partial charge in [-0.05, 0) is 37.5 Å². The van der Waals surface area contributed by atoms with Crippen LogP contribution in [0.3, 0.4) is 0 Å².